The van der Waals surface area contributed by atoms with E-state index in [4.69, 9.17) is 0 Å². The summed E-state index contributed by atoms with van der Waals surface area (Å²) in [5.41, 5.74) is 3.92. The Morgan fingerprint density at radius 1 is 1.12 bits per heavy atom. The van der Waals surface area contributed by atoms with Crippen LogP contribution in [0.2, 0.25) is 0 Å². The Hall–Kier alpha value is -1.45. The van der Waals surface area contributed by atoms with Crippen LogP contribution in [0.1, 0.15) is 31.9 Å². The Balaban J connectivity index is 3.07. The molecule has 4 heteroatoms. The van der Waals surface area contributed by atoms with Crippen molar-refractivity contribution in [3.05, 3.63) is 34.9 Å². The maximum atomic E-state index is 12.0. The van der Waals surface area contributed by atoms with E-state index in [-0.39, 0.29) is 5.75 Å². The van der Waals surface area contributed by atoms with Crippen LogP contribution < -0.4 is 4.74 Å². The van der Waals surface area contributed by atoms with Gasteiger partial charge in [0, 0.05) is 0 Å². The first-order chi connectivity index (χ1) is 7.70. The van der Waals surface area contributed by atoms with Crippen molar-refractivity contribution in [1.29, 1.82) is 0 Å². The highest BCUT2D eigenvalue weighted by atomic mass is 19.4. The molecular weight excluding hydrogens is 229 g/mol. The van der Waals surface area contributed by atoms with Gasteiger partial charge in [-0.15, -0.1) is 13.2 Å². The van der Waals surface area contributed by atoms with Crippen molar-refractivity contribution >= 4 is 5.57 Å². The van der Waals surface area contributed by atoms with Gasteiger partial charge in [-0.3, -0.25) is 0 Å². The molecule has 1 rings (SSSR count). The maximum Gasteiger partial charge on any atom is 0.573 e. The fraction of sp³-hybridized carbons (Fsp3) is 0.385. The molecule has 0 aliphatic rings. The van der Waals surface area contributed by atoms with Gasteiger partial charge >= 0.3 is 6.36 Å². The van der Waals surface area contributed by atoms with Gasteiger partial charge in [0.05, 0.1) is 0 Å². The molecule has 0 radical (unpaired) electrons. The molecule has 0 fully saturated rings. The number of benzene rings is 1. The van der Waals surface area contributed by atoms with E-state index in [1.807, 2.05) is 20.8 Å². The van der Waals surface area contributed by atoms with E-state index in [1.165, 1.54) is 12.1 Å². The monoisotopic (exact) mass is 244 g/mol. The van der Waals surface area contributed by atoms with Crippen LogP contribution in [0.25, 0.3) is 5.57 Å². The lowest BCUT2D eigenvalue weighted by Gasteiger charge is -2.12. The van der Waals surface area contributed by atoms with Crippen LogP contribution in [-0.2, 0) is 0 Å². The first-order valence-electron chi connectivity index (χ1n) is 5.21. The number of ether oxygens (including phenoxy) is 1. The zero-order chi connectivity index (χ0) is 13.2. The molecule has 0 aromatic heterocycles. The lowest BCUT2D eigenvalue weighted by molar-refractivity contribution is -0.274. The third-order valence-corrected chi connectivity index (χ3v) is 2.59. The number of allylic oxidation sites excluding steroid dienone is 2. The second-order valence-corrected chi connectivity index (χ2v) is 4.15. The van der Waals surface area contributed by atoms with Crippen LogP contribution in [0, 0.1) is 6.92 Å². The molecule has 0 bridgehead atoms. The molecule has 0 spiro atoms. The van der Waals surface area contributed by atoms with Gasteiger partial charge in [0.15, 0.2) is 0 Å². The Morgan fingerprint density at radius 3 is 2.12 bits per heavy atom. The topological polar surface area (TPSA) is 9.23 Å². The zero-order valence-electron chi connectivity index (χ0n) is 10.3. The first kappa shape index (κ1) is 13.6. The lowest BCUT2D eigenvalue weighted by Crippen LogP contribution is -2.17. The summed E-state index contributed by atoms with van der Waals surface area (Å²) >= 11 is 0. The molecule has 1 aromatic rings. The minimum atomic E-state index is -4.64. The van der Waals surface area contributed by atoms with Crippen molar-refractivity contribution in [3.63, 3.8) is 0 Å². The van der Waals surface area contributed by atoms with Gasteiger partial charge in [-0.25, -0.2) is 0 Å². The fourth-order valence-electron chi connectivity index (χ4n) is 1.52. The predicted octanol–water partition coefficient (Wildman–Crippen LogP) is 4.71. The summed E-state index contributed by atoms with van der Waals surface area (Å²) in [4.78, 5) is 0. The minimum absolute atomic E-state index is 0.180. The largest absolute Gasteiger partial charge is 0.573 e. The quantitative estimate of drug-likeness (QED) is 0.732. The average Bonchev–Trinajstić information content (AvgIpc) is 2.14. The smallest absolute Gasteiger partial charge is 0.406 e. The van der Waals surface area contributed by atoms with Gasteiger partial charge in [-0.05, 0) is 56.5 Å². The summed E-state index contributed by atoms with van der Waals surface area (Å²) in [7, 11) is 0. The number of rotatable bonds is 2. The van der Waals surface area contributed by atoms with Gasteiger partial charge in [0.1, 0.15) is 5.75 Å². The summed E-state index contributed by atoms with van der Waals surface area (Å²) in [6, 6.07) is 4.39. The molecule has 0 aliphatic heterocycles. The summed E-state index contributed by atoms with van der Waals surface area (Å²) in [5, 5.41) is 0. The lowest BCUT2D eigenvalue weighted by atomic mass is 9.98. The molecule has 94 valence electrons. The van der Waals surface area contributed by atoms with E-state index in [0.29, 0.717) is 0 Å². The molecule has 0 amide bonds. The van der Waals surface area contributed by atoms with Crippen molar-refractivity contribution in [3.8, 4) is 5.75 Å². The SMILES string of the molecule is CC(C)=C(C)c1ccc(OC(F)(F)F)cc1C. The van der Waals surface area contributed by atoms with E-state index < -0.39 is 6.36 Å². The Labute approximate surface area is 98.9 Å². The summed E-state index contributed by atoms with van der Waals surface area (Å²) in [5.74, 6) is -0.180. The van der Waals surface area contributed by atoms with Gasteiger partial charge < -0.3 is 4.74 Å². The zero-order valence-corrected chi connectivity index (χ0v) is 10.3. The molecule has 0 atom stereocenters. The van der Waals surface area contributed by atoms with E-state index in [2.05, 4.69) is 4.74 Å². The van der Waals surface area contributed by atoms with Gasteiger partial charge in [-0.2, -0.15) is 0 Å². The van der Waals surface area contributed by atoms with Gasteiger partial charge in [0.2, 0.25) is 0 Å². The number of hydrogen-bond acceptors (Lipinski definition) is 1. The Morgan fingerprint density at radius 2 is 1.71 bits per heavy atom. The summed E-state index contributed by atoms with van der Waals surface area (Å²) < 4.78 is 39.9. The molecular formula is C13H15F3O. The average molecular weight is 244 g/mol. The first-order valence-corrected chi connectivity index (χ1v) is 5.21. The van der Waals surface area contributed by atoms with E-state index in [0.717, 1.165) is 22.3 Å². The molecule has 0 heterocycles. The molecule has 17 heavy (non-hydrogen) atoms. The van der Waals surface area contributed by atoms with E-state index in [1.54, 1.807) is 13.0 Å². The van der Waals surface area contributed by atoms with Crippen molar-refractivity contribution in [1.82, 2.24) is 0 Å². The van der Waals surface area contributed by atoms with Gasteiger partial charge in [0.25, 0.3) is 0 Å². The number of halogens is 3. The van der Waals surface area contributed by atoms with Crippen LogP contribution in [0.4, 0.5) is 13.2 Å². The standard InChI is InChI=1S/C13H15F3O/c1-8(2)10(4)12-6-5-11(7-9(12)3)17-13(14,15)16/h5-7H,1-4H3. The Kier molecular flexibility index (Phi) is 3.86. The number of hydrogen-bond donors (Lipinski definition) is 0. The third kappa shape index (κ3) is 3.80. The third-order valence-electron chi connectivity index (χ3n) is 2.59. The highest BCUT2D eigenvalue weighted by Crippen LogP contribution is 2.28. The van der Waals surface area contributed by atoms with Crippen LogP contribution >= 0.6 is 0 Å². The second-order valence-electron chi connectivity index (χ2n) is 4.15. The predicted molar refractivity (Wildman–Crippen MR) is 61.8 cm³/mol. The summed E-state index contributed by atoms with van der Waals surface area (Å²) in [6.07, 6.45) is -4.64. The maximum absolute atomic E-state index is 12.0. The van der Waals surface area contributed by atoms with Gasteiger partial charge in [-0.1, -0.05) is 11.6 Å². The van der Waals surface area contributed by atoms with Crippen LogP contribution in [0.5, 0.6) is 5.75 Å². The fourth-order valence-corrected chi connectivity index (χ4v) is 1.52. The molecule has 1 nitrogen and oxygen atoms in total. The molecule has 0 saturated heterocycles. The molecule has 1 aromatic carbocycles. The van der Waals surface area contributed by atoms with E-state index >= 15 is 0 Å². The van der Waals surface area contributed by atoms with Crippen molar-refractivity contribution in [2.24, 2.45) is 0 Å². The van der Waals surface area contributed by atoms with Crippen molar-refractivity contribution in [2.75, 3.05) is 0 Å². The van der Waals surface area contributed by atoms with Crippen LogP contribution in [0.3, 0.4) is 0 Å². The van der Waals surface area contributed by atoms with E-state index in [9.17, 15) is 13.2 Å². The highest BCUT2D eigenvalue weighted by Gasteiger charge is 2.31. The minimum Gasteiger partial charge on any atom is -0.406 e. The molecule has 0 unspecified atom stereocenters. The highest BCUT2D eigenvalue weighted by molar-refractivity contribution is 5.69. The number of alkyl halides is 3. The van der Waals surface area contributed by atoms with Crippen LogP contribution in [0.15, 0.2) is 23.8 Å². The Bertz CT molecular complexity index is 440. The van der Waals surface area contributed by atoms with Crippen molar-refractivity contribution < 1.29 is 17.9 Å². The van der Waals surface area contributed by atoms with Crippen LogP contribution in [-0.4, -0.2) is 6.36 Å². The molecule has 0 aliphatic carbocycles. The normalized spacial score (nSPS) is 11.2. The second kappa shape index (κ2) is 4.82. The number of aryl methyl sites for hydroxylation is 1. The van der Waals surface area contributed by atoms with Crippen molar-refractivity contribution in [2.45, 2.75) is 34.1 Å². The molecule has 0 saturated carbocycles. The molecule has 0 N–H and O–H groups in total. The summed E-state index contributed by atoms with van der Waals surface area (Å²) in [6.45, 7) is 7.65.